The summed E-state index contributed by atoms with van der Waals surface area (Å²) in [6.45, 7) is 4.28. The molecule has 5 atom stereocenters. The summed E-state index contributed by atoms with van der Waals surface area (Å²) < 4.78 is 7.44. The Morgan fingerprint density at radius 1 is 1.09 bits per heavy atom. The molecule has 4 heteroatoms. The molecular formula is C30H37NO3. The molecule has 1 saturated carbocycles. The van der Waals surface area contributed by atoms with Crippen LogP contribution in [0.2, 0.25) is 0 Å². The van der Waals surface area contributed by atoms with Crippen LogP contribution in [0.5, 0.6) is 5.75 Å². The molecule has 34 heavy (non-hydrogen) atoms. The molecular weight excluding hydrogens is 422 g/mol. The van der Waals surface area contributed by atoms with Gasteiger partial charge in [-0.3, -0.25) is 4.90 Å². The smallest absolute Gasteiger partial charge is 0.115 e. The van der Waals surface area contributed by atoms with Crippen LogP contribution in [-0.2, 0) is 22.2 Å². The van der Waals surface area contributed by atoms with E-state index in [4.69, 9.17) is 4.74 Å². The van der Waals surface area contributed by atoms with E-state index in [-0.39, 0.29) is 16.6 Å². The first-order chi connectivity index (χ1) is 16.3. The second-order valence-corrected chi connectivity index (χ2v) is 12.4. The lowest BCUT2D eigenvalue weighted by atomic mass is 9.53. The van der Waals surface area contributed by atoms with E-state index in [9.17, 15) is 10.2 Å². The number of phenols is 1. The van der Waals surface area contributed by atoms with Gasteiger partial charge in [-0.2, -0.15) is 0 Å². The zero-order valence-corrected chi connectivity index (χ0v) is 20.3. The van der Waals surface area contributed by atoms with Gasteiger partial charge in [0.1, 0.15) is 5.75 Å². The number of aliphatic hydroxyl groups is 1. The Kier molecular flexibility index (Phi) is 4.46. The van der Waals surface area contributed by atoms with Gasteiger partial charge in [-0.05, 0) is 99.6 Å². The monoisotopic (exact) mass is 459 g/mol. The number of likely N-dealkylation sites (tertiary alicyclic amines) is 1. The highest BCUT2D eigenvalue weighted by molar-refractivity contribution is 5.50. The third-order valence-corrected chi connectivity index (χ3v) is 10.1. The van der Waals surface area contributed by atoms with Crippen LogP contribution >= 0.6 is 0 Å². The Hall–Kier alpha value is -1.88. The standard InChI is InChI=1S/C30H37NO3/c1-27(33,23-6-3-2-4-7-23)19-28-12-5-13-30(34-28)26-16-22-10-11-24(32)17-25(22)29(30,20-28)14-15-31(26)18-21-8-9-21/h2-4,6-7,10-11,17,21,26,32-33H,5,8-9,12-16,18-20H2,1H3/t26-,27?,28+,29-,30-/m1/s1. The summed E-state index contributed by atoms with van der Waals surface area (Å²) in [5.41, 5.74) is 2.13. The molecule has 3 heterocycles. The Balaban J connectivity index is 1.34. The molecule has 2 aromatic rings. The summed E-state index contributed by atoms with van der Waals surface area (Å²) in [5.74, 6) is 1.23. The van der Waals surface area contributed by atoms with Gasteiger partial charge in [-0.1, -0.05) is 36.4 Å². The molecule has 7 rings (SSSR count). The van der Waals surface area contributed by atoms with Crippen molar-refractivity contribution < 1.29 is 14.9 Å². The molecule has 1 spiro atoms. The minimum absolute atomic E-state index is 0.0761. The molecule has 4 fully saturated rings. The Morgan fingerprint density at radius 3 is 2.71 bits per heavy atom. The first-order valence-corrected chi connectivity index (χ1v) is 13.4. The number of hydrogen-bond donors (Lipinski definition) is 2. The molecule has 0 amide bonds. The number of benzene rings is 2. The van der Waals surface area contributed by atoms with Crippen LogP contribution in [0.15, 0.2) is 48.5 Å². The van der Waals surface area contributed by atoms with Gasteiger partial charge < -0.3 is 14.9 Å². The Bertz CT molecular complexity index is 1110. The molecule has 2 aliphatic carbocycles. The lowest BCUT2D eigenvalue weighted by Crippen LogP contribution is -2.70. The van der Waals surface area contributed by atoms with Crippen LogP contribution in [0.4, 0.5) is 0 Å². The van der Waals surface area contributed by atoms with Crippen molar-refractivity contribution in [3.05, 3.63) is 65.2 Å². The first-order valence-electron chi connectivity index (χ1n) is 13.4. The van der Waals surface area contributed by atoms with Crippen LogP contribution in [-0.4, -0.2) is 45.4 Å². The second kappa shape index (κ2) is 7.09. The van der Waals surface area contributed by atoms with Gasteiger partial charge in [0.25, 0.3) is 0 Å². The number of fused-ring (bicyclic) bond motifs is 2. The predicted octanol–water partition coefficient (Wildman–Crippen LogP) is 5.05. The SMILES string of the molecule is CC(O)(C[C@]12CCC[C@@]3(O1)[C@H]1Cc4ccc(O)cc4[C@@]3(CCN1CC1CC1)C2)c1ccccc1. The van der Waals surface area contributed by atoms with E-state index >= 15 is 0 Å². The fraction of sp³-hybridized carbons (Fsp3) is 0.600. The van der Waals surface area contributed by atoms with Gasteiger partial charge >= 0.3 is 0 Å². The van der Waals surface area contributed by atoms with Crippen LogP contribution in [0, 0.1) is 5.92 Å². The van der Waals surface area contributed by atoms with Crippen LogP contribution < -0.4 is 0 Å². The Labute approximate surface area is 202 Å². The number of aromatic hydroxyl groups is 1. The molecule has 2 N–H and O–H groups in total. The average Bonchev–Trinajstić information content (AvgIpc) is 3.59. The van der Waals surface area contributed by atoms with Gasteiger partial charge in [-0.25, -0.2) is 0 Å². The lowest BCUT2D eigenvalue weighted by Gasteiger charge is -2.61. The Morgan fingerprint density at radius 2 is 1.91 bits per heavy atom. The van der Waals surface area contributed by atoms with E-state index in [2.05, 4.69) is 17.0 Å². The molecule has 0 aromatic heterocycles. The molecule has 4 bridgehead atoms. The molecule has 180 valence electrons. The number of hydrogen-bond acceptors (Lipinski definition) is 4. The van der Waals surface area contributed by atoms with Crippen LogP contribution in [0.1, 0.15) is 75.0 Å². The van der Waals surface area contributed by atoms with Crippen molar-refractivity contribution in [1.82, 2.24) is 4.90 Å². The third kappa shape index (κ3) is 2.95. The van der Waals surface area contributed by atoms with Crippen molar-refractivity contribution in [3.63, 3.8) is 0 Å². The third-order valence-electron chi connectivity index (χ3n) is 10.1. The number of phenolic OH excluding ortho intramolecular Hbond substituents is 1. The molecule has 3 saturated heterocycles. The maximum absolute atomic E-state index is 11.7. The zero-order valence-electron chi connectivity index (χ0n) is 20.3. The highest BCUT2D eigenvalue weighted by atomic mass is 16.5. The zero-order chi connectivity index (χ0) is 23.2. The van der Waals surface area contributed by atoms with Crippen molar-refractivity contribution in [3.8, 4) is 5.75 Å². The fourth-order valence-corrected chi connectivity index (χ4v) is 8.67. The molecule has 1 unspecified atom stereocenters. The van der Waals surface area contributed by atoms with E-state index < -0.39 is 5.60 Å². The van der Waals surface area contributed by atoms with Gasteiger partial charge in [0.05, 0.1) is 16.8 Å². The summed E-state index contributed by atoms with van der Waals surface area (Å²) >= 11 is 0. The molecule has 4 nitrogen and oxygen atoms in total. The van der Waals surface area contributed by atoms with E-state index in [0.717, 1.165) is 56.6 Å². The number of piperidine rings is 1. The van der Waals surface area contributed by atoms with Crippen molar-refractivity contribution in [2.75, 3.05) is 13.1 Å². The van der Waals surface area contributed by atoms with Gasteiger partial charge in [0.2, 0.25) is 0 Å². The van der Waals surface area contributed by atoms with E-state index in [1.807, 2.05) is 43.3 Å². The quantitative estimate of drug-likeness (QED) is 0.657. The van der Waals surface area contributed by atoms with Gasteiger partial charge in [-0.15, -0.1) is 0 Å². The molecule has 2 aromatic carbocycles. The van der Waals surface area contributed by atoms with Gasteiger partial charge in [0, 0.05) is 24.4 Å². The summed E-state index contributed by atoms with van der Waals surface area (Å²) in [4.78, 5) is 2.77. The maximum atomic E-state index is 11.7. The lowest BCUT2D eigenvalue weighted by molar-refractivity contribution is -0.215. The molecule has 5 aliphatic rings. The van der Waals surface area contributed by atoms with Crippen molar-refractivity contribution in [2.45, 2.75) is 93.0 Å². The number of rotatable bonds is 5. The van der Waals surface area contributed by atoms with Crippen molar-refractivity contribution in [1.29, 1.82) is 0 Å². The normalized spacial score (nSPS) is 38.1. The number of ether oxygens (including phenoxy) is 1. The summed E-state index contributed by atoms with van der Waals surface area (Å²) in [7, 11) is 0. The summed E-state index contributed by atoms with van der Waals surface area (Å²) in [6, 6.07) is 16.6. The minimum Gasteiger partial charge on any atom is -0.508 e. The highest BCUT2D eigenvalue weighted by Crippen LogP contribution is 2.68. The minimum atomic E-state index is -0.937. The van der Waals surface area contributed by atoms with Crippen molar-refractivity contribution >= 4 is 0 Å². The van der Waals surface area contributed by atoms with E-state index in [1.54, 1.807) is 0 Å². The molecule has 0 radical (unpaired) electrons. The van der Waals surface area contributed by atoms with Gasteiger partial charge in [0.15, 0.2) is 0 Å². The average molecular weight is 460 g/mol. The van der Waals surface area contributed by atoms with Crippen LogP contribution in [0.25, 0.3) is 0 Å². The van der Waals surface area contributed by atoms with E-state index in [1.165, 1.54) is 30.5 Å². The first kappa shape index (κ1) is 21.4. The van der Waals surface area contributed by atoms with Crippen LogP contribution in [0.3, 0.4) is 0 Å². The van der Waals surface area contributed by atoms with E-state index in [0.29, 0.717) is 18.2 Å². The largest absolute Gasteiger partial charge is 0.508 e. The topological polar surface area (TPSA) is 52.9 Å². The fourth-order valence-electron chi connectivity index (χ4n) is 8.67. The number of nitrogens with zero attached hydrogens (tertiary/aromatic N) is 1. The van der Waals surface area contributed by atoms with Crippen molar-refractivity contribution in [2.24, 2.45) is 5.92 Å². The highest BCUT2D eigenvalue weighted by Gasteiger charge is 2.73. The predicted molar refractivity (Wildman–Crippen MR) is 132 cm³/mol. The maximum Gasteiger partial charge on any atom is 0.115 e. The molecule has 3 aliphatic heterocycles. The summed E-state index contributed by atoms with van der Waals surface area (Å²) in [5, 5.41) is 22.2. The summed E-state index contributed by atoms with van der Waals surface area (Å²) in [6.07, 6.45) is 9.65. The second-order valence-electron chi connectivity index (χ2n) is 12.4.